The number of amides is 1. The van der Waals surface area contributed by atoms with Crippen LogP contribution in [0.4, 0.5) is 10.2 Å². The van der Waals surface area contributed by atoms with E-state index in [0.29, 0.717) is 26.2 Å². The molecule has 1 saturated heterocycles. The number of fused-ring (bicyclic) bond motifs is 3. The number of aromatic hydroxyl groups is 1. The highest BCUT2D eigenvalue weighted by atomic mass is 19.1. The molecule has 1 aromatic heterocycles. The number of Topliss-reactive ketones (excluding diaryl/α,β-unsaturated/α-hetero) is 2. The van der Waals surface area contributed by atoms with E-state index >= 15 is 4.39 Å². The molecule has 6 N–H and O–H groups in total. The summed E-state index contributed by atoms with van der Waals surface area (Å²) in [6, 6.07) is -1.21. The molecule has 204 valence electrons. The van der Waals surface area contributed by atoms with E-state index in [2.05, 4.69) is 9.88 Å². The maximum Gasteiger partial charge on any atom is 0.255 e. The van der Waals surface area contributed by atoms with Crippen molar-refractivity contribution in [1.82, 2.24) is 14.8 Å². The predicted molar refractivity (Wildman–Crippen MR) is 132 cm³/mol. The summed E-state index contributed by atoms with van der Waals surface area (Å²) >= 11 is 0. The third-order valence-corrected chi connectivity index (χ3v) is 8.32. The van der Waals surface area contributed by atoms with E-state index in [9.17, 15) is 34.8 Å². The maximum absolute atomic E-state index is 15.4. The molecule has 0 spiro atoms. The van der Waals surface area contributed by atoms with E-state index in [-0.39, 0.29) is 35.4 Å². The molecule has 1 amide bonds. The molecule has 2 fully saturated rings. The first kappa shape index (κ1) is 26.1. The Hall–Kier alpha value is -3.55. The van der Waals surface area contributed by atoms with Crippen molar-refractivity contribution in [2.24, 2.45) is 17.6 Å². The van der Waals surface area contributed by atoms with Crippen LogP contribution in [0.1, 0.15) is 17.5 Å². The molecule has 38 heavy (non-hydrogen) atoms. The molecule has 1 aromatic rings. The van der Waals surface area contributed by atoms with Crippen LogP contribution >= 0.6 is 0 Å². The van der Waals surface area contributed by atoms with Crippen LogP contribution in [0.25, 0.3) is 5.76 Å². The summed E-state index contributed by atoms with van der Waals surface area (Å²) in [5.41, 5.74) is 0.966. The molecular formula is C25H30FN5O7. The fourth-order valence-electron chi connectivity index (χ4n) is 6.38. The fraction of sp³-hybridized carbons (Fsp3) is 0.520. The number of carbonyl (C=O) groups is 3. The smallest absolute Gasteiger partial charge is 0.255 e. The minimum absolute atomic E-state index is 0.0745. The van der Waals surface area contributed by atoms with Crippen molar-refractivity contribution >= 4 is 29.1 Å². The number of rotatable bonds is 3. The highest BCUT2D eigenvalue weighted by Crippen LogP contribution is 2.53. The van der Waals surface area contributed by atoms with Crippen molar-refractivity contribution in [2.45, 2.75) is 24.5 Å². The number of ketones is 2. The zero-order chi connectivity index (χ0) is 27.8. The van der Waals surface area contributed by atoms with E-state index in [0.717, 1.165) is 0 Å². The number of anilines is 1. The fourth-order valence-corrected chi connectivity index (χ4v) is 6.38. The molecule has 4 aliphatic rings. The van der Waals surface area contributed by atoms with Gasteiger partial charge in [-0.1, -0.05) is 0 Å². The van der Waals surface area contributed by atoms with Gasteiger partial charge in [-0.15, -0.1) is 0 Å². The Morgan fingerprint density at radius 3 is 2.37 bits per heavy atom. The Kier molecular flexibility index (Phi) is 6.00. The van der Waals surface area contributed by atoms with Gasteiger partial charge in [0.1, 0.15) is 17.1 Å². The van der Waals surface area contributed by atoms with E-state index < -0.39 is 69.7 Å². The van der Waals surface area contributed by atoms with Gasteiger partial charge in [0.05, 0.1) is 11.6 Å². The van der Waals surface area contributed by atoms with Crippen molar-refractivity contribution in [3.8, 4) is 5.75 Å². The van der Waals surface area contributed by atoms with Gasteiger partial charge in [-0.2, -0.15) is 9.37 Å². The number of primary amides is 1. The number of carbonyl (C=O) groups excluding carboxylic acids is 3. The van der Waals surface area contributed by atoms with Crippen LogP contribution in [0.5, 0.6) is 5.75 Å². The van der Waals surface area contributed by atoms with E-state index in [4.69, 9.17) is 5.73 Å². The summed E-state index contributed by atoms with van der Waals surface area (Å²) < 4.78 is 15.4. The first-order valence-electron chi connectivity index (χ1n) is 12.3. The van der Waals surface area contributed by atoms with Crippen molar-refractivity contribution in [2.75, 3.05) is 52.2 Å². The lowest BCUT2D eigenvalue weighted by Crippen LogP contribution is -2.65. The van der Waals surface area contributed by atoms with Crippen LogP contribution in [0, 0.1) is 17.8 Å². The second kappa shape index (κ2) is 8.75. The first-order chi connectivity index (χ1) is 17.8. The van der Waals surface area contributed by atoms with Gasteiger partial charge in [0.15, 0.2) is 23.0 Å². The van der Waals surface area contributed by atoms with Crippen LogP contribution in [0.2, 0.25) is 0 Å². The van der Waals surface area contributed by atoms with Crippen molar-refractivity contribution in [3.05, 3.63) is 34.0 Å². The molecule has 0 unspecified atom stereocenters. The maximum atomic E-state index is 15.4. The molecule has 1 saturated carbocycles. The van der Waals surface area contributed by atoms with Crippen LogP contribution in [0.15, 0.2) is 16.9 Å². The number of nitrogens with two attached hydrogens (primary N) is 1. The zero-order valence-corrected chi connectivity index (χ0v) is 21.2. The van der Waals surface area contributed by atoms with Gasteiger partial charge in [0.2, 0.25) is 11.7 Å². The molecule has 13 heteroatoms. The predicted octanol–water partition coefficient (Wildman–Crippen LogP) is -0.750. The van der Waals surface area contributed by atoms with Crippen LogP contribution in [0.3, 0.4) is 0 Å². The first-order valence-corrected chi connectivity index (χ1v) is 12.3. The number of aliphatic hydroxyl groups is 3. The van der Waals surface area contributed by atoms with Gasteiger partial charge >= 0.3 is 0 Å². The number of aliphatic hydroxyl groups excluding tert-OH is 2. The largest absolute Gasteiger partial charge is 0.508 e. The van der Waals surface area contributed by atoms with Gasteiger partial charge in [0.25, 0.3) is 5.91 Å². The molecule has 1 aliphatic heterocycles. The minimum atomic E-state index is -2.74. The molecular weight excluding hydrogens is 501 g/mol. The quantitative estimate of drug-likeness (QED) is 0.245. The van der Waals surface area contributed by atoms with Crippen molar-refractivity contribution < 1.29 is 39.2 Å². The molecule has 0 radical (unpaired) electrons. The average molecular weight is 532 g/mol. The third-order valence-electron chi connectivity index (χ3n) is 8.32. The lowest BCUT2D eigenvalue weighted by atomic mass is 9.57. The summed E-state index contributed by atoms with van der Waals surface area (Å²) in [5, 5.41) is 44.9. The minimum Gasteiger partial charge on any atom is -0.508 e. The van der Waals surface area contributed by atoms with Gasteiger partial charge in [-0.3, -0.25) is 19.3 Å². The number of nitrogens with zero attached hydrogens (tertiary/aromatic N) is 4. The molecule has 4 atom stereocenters. The SMILES string of the molecule is CN1CCN(c2nc(F)c3c(c2O)C(O)=C2C(=O)[C@]4(O)C(O)=C(C(N)=O)C(=O)[C@@H](N(C)C)[C@@H]4C[C@@H]2C3)CC1. The van der Waals surface area contributed by atoms with Crippen LogP contribution < -0.4 is 10.6 Å². The summed E-state index contributed by atoms with van der Waals surface area (Å²) in [4.78, 5) is 48.1. The van der Waals surface area contributed by atoms with Gasteiger partial charge in [-0.05, 0) is 39.9 Å². The lowest BCUT2D eigenvalue weighted by Gasteiger charge is -2.50. The Labute approximate surface area is 217 Å². The standard InChI is InChI=1S/C25H30FN5O7/c1-29(2)16-12-9-10-8-11-14(19(34)24(28-22(11)26)31-6-4-30(3)5-7-31)17(32)13(10)20(35)25(12,38)21(36)15(18(16)33)23(27)37/h10,12,16,32,34,36,38H,4-9H2,1-3H3,(H2,27,37)/t10-,12-,16-,25-/m0/s1. The molecule has 3 aliphatic carbocycles. The number of piperazine rings is 1. The highest BCUT2D eigenvalue weighted by Gasteiger charge is 2.64. The van der Waals surface area contributed by atoms with Gasteiger partial charge in [0, 0.05) is 43.2 Å². The number of likely N-dealkylation sites (N-methyl/N-ethyl adjacent to an activating group) is 2. The van der Waals surface area contributed by atoms with Gasteiger partial charge in [-0.25, -0.2) is 0 Å². The number of hydrogen-bond donors (Lipinski definition) is 5. The molecule has 5 rings (SSSR count). The normalized spacial score (nSPS) is 29.9. The summed E-state index contributed by atoms with van der Waals surface area (Å²) in [7, 11) is 4.94. The molecule has 2 heterocycles. The molecule has 0 bridgehead atoms. The summed E-state index contributed by atoms with van der Waals surface area (Å²) in [5.74, 6) is -8.78. The zero-order valence-electron chi connectivity index (χ0n) is 21.2. The Morgan fingerprint density at radius 1 is 1.16 bits per heavy atom. The molecule has 0 aromatic carbocycles. The monoisotopic (exact) mass is 531 g/mol. The average Bonchev–Trinajstić information content (AvgIpc) is 2.83. The lowest BCUT2D eigenvalue weighted by molar-refractivity contribution is -0.153. The number of pyridine rings is 1. The second-order valence-electron chi connectivity index (χ2n) is 10.7. The van der Waals surface area contributed by atoms with E-state index in [1.807, 2.05) is 7.05 Å². The number of halogens is 1. The van der Waals surface area contributed by atoms with Gasteiger partial charge < -0.3 is 36.0 Å². The van der Waals surface area contributed by atoms with E-state index in [1.165, 1.54) is 19.0 Å². The Bertz CT molecular complexity index is 1330. The number of aromatic nitrogens is 1. The van der Waals surface area contributed by atoms with Crippen LogP contribution in [-0.2, 0) is 20.8 Å². The third kappa shape index (κ3) is 3.45. The summed E-state index contributed by atoms with van der Waals surface area (Å²) in [6.45, 7) is 2.18. The summed E-state index contributed by atoms with van der Waals surface area (Å²) in [6.07, 6.45) is -0.268. The van der Waals surface area contributed by atoms with Crippen molar-refractivity contribution in [1.29, 1.82) is 0 Å². The Balaban J connectivity index is 1.68. The highest BCUT2D eigenvalue weighted by molar-refractivity contribution is 6.24. The number of hydrogen-bond acceptors (Lipinski definition) is 11. The van der Waals surface area contributed by atoms with E-state index in [1.54, 1.807) is 4.90 Å². The van der Waals surface area contributed by atoms with Crippen molar-refractivity contribution in [3.63, 3.8) is 0 Å². The van der Waals surface area contributed by atoms with Crippen LogP contribution in [-0.4, -0.2) is 112 Å². The molecule has 12 nitrogen and oxygen atoms in total. The Morgan fingerprint density at radius 2 is 1.79 bits per heavy atom. The topological polar surface area (TPSA) is 181 Å². The second-order valence-corrected chi connectivity index (χ2v) is 10.7.